The number of carbonyl (C=O) groups is 3. The molecule has 0 aromatic heterocycles. The van der Waals surface area contributed by atoms with Gasteiger partial charge in [-0.25, -0.2) is 4.79 Å². The molecule has 2 aromatic rings. The number of nitrogens with zero attached hydrogens (tertiary/aromatic N) is 1. The van der Waals surface area contributed by atoms with Gasteiger partial charge in [-0.1, -0.05) is 6.92 Å². The van der Waals surface area contributed by atoms with Gasteiger partial charge in [-0.2, -0.15) is 0 Å². The van der Waals surface area contributed by atoms with E-state index in [1.807, 2.05) is 6.92 Å². The van der Waals surface area contributed by atoms with E-state index in [0.717, 1.165) is 12.5 Å². The molecule has 0 spiro atoms. The molecule has 0 bridgehead atoms. The lowest BCUT2D eigenvalue weighted by molar-refractivity contribution is -0.384. The minimum Gasteiger partial charge on any atom is -0.496 e. The summed E-state index contributed by atoms with van der Waals surface area (Å²) in [6.45, 7) is 1.35. The minimum atomic E-state index is -0.914. The number of benzene rings is 2. The third-order valence-electron chi connectivity index (χ3n) is 3.92. The van der Waals surface area contributed by atoms with Gasteiger partial charge in [-0.15, -0.1) is 0 Å². The van der Waals surface area contributed by atoms with Crippen LogP contribution in [0.15, 0.2) is 42.5 Å². The fraction of sp³-hybridized carbons (Fsp3) is 0.250. The molecule has 0 aliphatic heterocycles. The Balaban J connectivity index is 2.01. The molecule has 2 aromatic carbocycles. The monoisotopic (exact) mass is 400 g/mol. The first-order valence-electron chi connectivity index (χ1n) is 8.78. The van der Waals surface area contributed by atoms with Crippen LogP contribution in [0.4, 0.5) is 11.4 Å². The minimum absolute atomic E-state index is 0.0974. The summed E-state index contributed by atoms with van der Waals surface area (Å²) in [5.41, 5.74) is 0.392. The summed E-state index contributed by atoms with van der Waals surface area (Å²) >= 11 is 0. The third-order valence-corrected chi connectivity index (χ3v) is 3.92. The number of anilines is 1. The fourth-order valence-electron chi connectivity index (χ4n) is 2.45. The van der Waals surface area contributed by atoms with Gasteiger partial charge in [0.05, 0.1) is 12.0 Å². The van der Waals surface area contributed by atoms with Crippen LogP contribution < -0.4 is 10.1 Å². The molecule has 29 heavy (non-hydrogen) atoms. The molecule has 2 rings (SSSR count). The van der Waals surface area contributed by atoms with E-state index >= 15 is 0 Å². The van der Waals surface area contributed by atoms with Gasteiger partial charge in [-0.3, -0.25) is 19.7 Å². The van der Waals surface area contributed by atoms with Crippen LogP contribution in [0.1, 0.15) is 40.5 Å². The van der Waals surface area contributed by atoms with Gasteiger partial charge in [0, 0.05) is 29.8 Å². The van der Waals surface area contributed by atoms with E-state index in [2.05, 4.69) is 5.32 Å². The molecule has 0 saturated heterocycles. The van der Waals surface area contributed by atoms with Crippen LogP contribution in [0.25, 0.3) is 0 Å². The Morgan fingerprint density at radius 2 is 1.79 bits per heavy atom. The van der Waals surface area contributed by atoms with Gasteiger partial charge >= 0.3 is 5.97 Å². The van der Waals surface area contributed by atoms with E-state index in [-0.39, 0.29) is 28.5 Å². The summed E-state index contributed by atoms with van der Waals surface area (Å²) in [6.07, 6.45) is 1.13. The van der Waals surface area contributed by atoms with E-state index in [1.165, 1.54) is 31.4 Å². The van der Waals surface area contributed by atoms with Crippen molar-refractivity contribution >= 4 is 29.0 Å². The van der Waals surface area contributed by atoms with Crippen molar-refractivity contribution in [2.75, 3.05) is 19.0 Å². The van der Waals surface area contributed by atoms with Crippen LogP contribution in [0.3, 0.4) is 0 Å². The van der Waals surface area contributed by atoms with Crippen LogP contribution in [-0.4, -0.2) is 36.3 Å². The van der Waals surface area contributed by atoms with Gasteiger partial charge in [0.25, 0.3) is 5.69 Å². The van der Waals surface area contributed by atoms with Gasteiger partial charge in [-0.05, 0) is 36.8 Å². The number of Topliss-reactive ketones (excluding diaryl/α,β-unsaturated/α-hetero) is 1. The first-order chi connectivity index (χ1) is 13.8. The first-order valence-corrected chi connectivity index (χ1v) is 8.78. The highest BCUT2D eigenvalue weighted by atomic mass is 16.6. The molecule has 1 N–H and O–H groups in total. The Kier molecular flexibility index (Phi) is 7.41. The summed E-state index contributed by atoms with van der Waals surface area (Å²) < 4.78 is 10.00. The number of methoxy groups -OCH3 is 1. The zero-order valence-corrected chi connectivity index (χ0v) is 16.0. The molecular weight excluding hydrogens is 380 g/mol. The molecular formula is C20H20N2O7. The van der Waals surface area contributed by atoms with Crippen LogP contribution in [0, 0.1) is 10.1 Å². The lowest BCUT2D eigenvalue weighted by Crippen LogP contribution is -2.15. The number of ketones is 1. The maximum absolute atomic E-state index is 12.2. The molecule has 152 valence electrons. The van der Waals surface area contributed by atoms with E-state index in [9.17, 15) is 24.5 Å². The lowest BCUT2D eigenvalue weighted by atomic mass is 10.1. The van der Waals surface area contributed by atoms with Crippen LogP contribution >= 0.6 is 0 Å². The second kappa shape index (κ2) is 9.98. The van der Waals surface area contributed by atoms with Crippen LogP contribution in [-0.2, 0) is 9.53 Å². The maximum atomic E-state index is 12.2. The standard InChI is InChI=1S/C20H20N2O7/c1-3-4-19(24)21-14-7-5-13(6-8-14)17(23)12-29-20(25)16-11-15(22(26)27)9-10-18(16)28-2/h5-11H,3-4,12H2,1-2H3,(H,21,24). The highest BCUT2D eigenvalue weighted by Gasteiger charge is 2.20. The van der Waals surface area contributed by atoms with Crippen LogP contribution in [0.2, 0.25) is 0 Å². The van der Waals surface area contributed by atoms with Gasteiger partial charge in [0.15, 0.2) is 12.4 Å². The second-order valence-corrected chi connectivity index (χ2v) is 6.02. The molecule has 0 radical (unpaired) electrons. The summed E-state index contributed by atoms with van der Waals surface area (Å²) in [5, 5.41) is 13.6. The quantitative estimate of drug-likeness (QED) is 0.296. The number of amides is 1. The molecule has 0 aliphatic carbocycles. The molecule has 9 heteroatoms. The van der Waals surface area contributed by atoms with Gasteiger partial charge in [0.2, 0.25) is 5.91 Å². The number of ether oxygens (including phenoxy) is 2. The van der Waals surface area contributed by atoms with E-state index in [1.54, 1.807) is 12.1 Å². The lowest BCUT2D eigenvalue weighted by Gasteiger charge is -2.09. The molecule has 0 unspecified atom stereocenters. The Hall–Kier alpha value is -3.75. The van der Waals surface area contributed by atoms with Crippen molar-refractivity contribution in [3.8, 4) is 5.75 Å². The number of hydrogen-bond donors (Lipinski definition) is 1. The number of esters is 1. The van der Waals surface area contributed by atoms with Crippen molar-refractivity contribution in [1.82, 2.24) is 0 Å². The molecule has 0 fully saturated rings. The average Bonchev–Trinajstić information content (AvgIpc) is 2.71. The zero-order chi connectivity index (χ0) is 21.4. The van der Waals surface area contributed by atoms with Crippen molar-refractivity contribution < 1.29 is 28.8 Å². The number of rotatable bonds is 9. The first kappa shape index (κ1) is 21.5. The van der Waals surface area contributed by atoms with Crippen molar-refractivity contribution in [2.45, 2.75) is 19.8 Å². The van der Waals surface area contributed by atoms with E-state index < -0.39 is 23.3 Å². The summed E-state index contributed by atoms with van der Waals surface area (Å²) in [6, 6.07) is 9.67. The van der Waals surface area contributed by atoms with Gasteiger partial charge in [0.1, 0.15) is 11.3 Å². The number of nitrogens with one attached hydrogen (secondary N) is 1. The third kappa shape index (κ3) is 5.86. The molecule has 0 heterocycles. The number of carbonyl (C=O) groups excluding carboxylic acids is 3. The number of hydrogen-bond acceptors (Lipinski definition) is 7. The molecule has 0 saturated carbocycles. The van der Waals surface area contributed by atoms with Crippen LogP contribution in [0.5, 0.6) is 5.75 Å². The number of non-ortho nitro benzene ring substituents is 1. The Bertz CT molecular complexity index is 923. The van der Waals surface area contributed by atoms with Crippen molar-refractivity contribution in [1.29, 1.82) is 0 Å². The average molecular weight is 400 g/mol. The highest BCUT2D eigenvalue weighted by molar-refractivity contribution is 6.00. The van der Waals surface area contributed by atoms with Crippen molar-refractivity contribution in [2.24, 2.45) is 0 Å². The Labute approximate surface area is 166 Å². The molecule has 1 amide bonds. The molecule has 0 atom stereocenters. The SMILES string of the molecule is CCCC(=O)Nc1ccc(C(=O)COC(=O)c2cc([N+](=O)[O-])ccc2OC)cc1. The van der Waals surface area contributed by atoms with Gasteiger partial charge < -0.3 is 14.8 Å². The van der Waals surface area contributed by atoms with E-state index in [4.69, 9.17) is 9.47 Å². The summed E-state index contributed by atoms with van der Waals surface area (Å²) in [4.78, 5) is 46.3. The van der Waals surface area contributed by atoms with Crippen molar-refractivity contribution in [3.05, 3.63) is 63.7 Å². The molecule has 9 nitrogen and oxygen atoms in total. The molecule has 0 aliphatic rings. The topological polar surface area (TPSA) is 125 Å². The number of nitro groups is 1. The number of nitro benzene ring substituents is 1. The van der Waals surface area contributed by atoms with E-state index in [0.29, 0.717) is 12.1 Å². The Morgan fingerprint density at radius 3 is 2.38 bits per heavy atom. The van der Waals surface area contributed by atoms with Crippen molar-refractivity contribution in [3.63, 3.8) is 0 Å². The predicted molar refractivity (Wildman–Crippen MR) is 104 cm³/mol. The second-order valence-electron chi connectivity index (χ2n) is 6.02. The summed E-state index contributed by atoms with van der Waals surface area (Å²) in [7, 11) is 1.31. The largest absolute Gasteiger partial charge is 0.496 e. The maximum Gasteiger partial charge on any atom is 0.342 e. The highest BCUT2D eigenvalue weighted by Crippen LogP contribution is 2.24. The Morgan fingerprint density at radius 1 is 1.10 bits per heavy atom. The normalized spacial score (nSPS) is 10.1. The zero-order valence-electron chi connectivity index (χ0n) is 16.0. The predicted octanol–water partition coefficient (Wildman–Crippen LogP) is 3.38. The summed E-state index contributed by atoms with van der Waals surface area (Å²) in [5.74, 6) is -1.40. The smallest absolute Gasteiger partial charge is 0.342 e. The fourth-order valence-corrected chi connectivity index (χ4v) is 2.45.